The summed E-state index contributed by atoms with van der Waals surface area (Å²) < 4.78 is 0. The molecule has 0 aliphatic heterocycles. The number of rotatable bonds is 3. The predicted molar refractivity (Wildman–Crippen MR) is 84.7 cm³/mol. The molecular formula is C16H11ClN2O3. The smallest absolute Gasteiger partial charge is 0.335 e. The van der Waals surface area contributed by atoms with Crippen molar-refractivity contribution in [2.24, 2.45) is 0 Å². The van der Waals surface area contributed by atoms with E-state index >= 15 is 0 Å². The van der Waals surface area contributed by atoms with Crippen molar-refractivity contribution in [2.45, 2.75) is 0 Å². The molecule has 0 radical (unpaired) electrons. The van der Waals surface area contributed by atoms with E-state index in [0.717, 1.165) is 5.39 Å². The molecule has 0 saturated carbocycles. The predicted octanol–water partition coefficient (Wildman–Crippen LogP) is 3.77. The zero-order chi connectivity index (χ0) is 15.7. The highest BCUT2D eigenvalue weighted by molar-refractivity contribution is 6.35. The van der Waals surface area contributed by atoms with E-state index in [2.05, 4.69) is 10.3 Å². The van der Waals surface area contributed by atoms with Gasteiger partial charge in [-0.25, -0.2) is 4.79 Å². The molecule has 3 rings (SSSR count). The lowest BCUT2D eigenvalue weighted by atomic mass is 10.2. The zero-order valence-electron chi connectivity index (χ0n) is 11.3. The molecule has 110 valence electrons. The molecule has 0 aliphatic rings. The number of fused-ring (bicyclic) bond motifs is 1. The van der Waals surface area contributed by atoms with Crippen LogP contribution in [0.4, 0.5) is 5.69 Å². The van der Waals surface area contributed by atoms with Gasteiger partial charge < -0.3 is 15.4 Å². The number of anilines is 1. The normalized spacial score (nSPS) is 10.6. The van der Waals surface area contributed by atoms with Crippen molar-refractivity contribution < 1.29 is 14.7 Å². The summed E-state index contributed by atoms with van der Waals surface area (Å²) in [6.07, 6.45) is 0. The minimum Gasteiger partial charge on any atom is -0.478 e. The van der Waals surface area contributed by atoms with Crippen LogP contribution in [0.15, 0.2) is 48.5 Å². The summed E-state index contributed by atoms with van der Waals surface area (Å²) in [5, 5.41) is 12.9. The first-order valence-corrected chi connectivity index (χ1v) is 6.84. The Kier molecular flexibility index (Phi) is 3.56. The molecule has 22 heavy (non-hydrogen) atoms. The van der Waals surface area contributed by atoms with Gasteiger partial charge in [-0.2, -0.15) is 0 Å². The van der Waals surface area contributed by atoms with Gasteiger partial charge in [-0.3, -0.25) is 4.79 Å². The second kappa shape index (κ2) is 5.54. The van der Waals surface area contributed by atoms with Crippen LogP contribution in [-0.4, -0.2) is 22.0 Å². The van der Waals surface area contributed by atoms with Gasteiger partial charge in [-0.15, -0.1) is 0 Å². The average molecular weight is 315 g/mol. The molecule has 1 aromatic heterocycles. The fourth-order valence-corrected chi connectivity index (χ4v) is 2.37. The quantitative estimate of drug-likeness (QED) is 0.688. The Balaban J connectivity index is 1.83. The number of carboxylic acid groups (broad SMARTS) is 1. The van der Waals surface area contributed by atoms with Gasteiger partial charge in [-0.1, -0.05) is 23.7 Å². The van der Waals surface area contributed by atoms with Crippen molar-refractivity contribution in [1.82, 2.24) is 4.98 Å². The molecule has 6 heteroatoms. The molecule has 0 saturated heterocycles. The second-order valence-corrected chi connectivity index (χ2v) is 5.13. The first-order chi connectivity index (χ1) is 10.5. The van der Waals surface area contributed by atoms with Crippen LogP contribution in [-0.2, 0) is 0 Å². The van der Waals surface area contributed by atoms with Gasteiger partial charge in [0.25, 0.3) is 5.91 Å². The second-order valence-electron chi connectivity index (χ2n) is 4.72. The molecule has 0 bridgehead atoms. The number of benzene rings is 2. The van der Waals surface area contributed by atoms with Crippen molar-refractivity contribution in [3.8, 4) is 0 Å². The molecule has 0 aliphatic carbocycles. The van der Waals surface area contributed by atoms with E-state index in [4.69, 9.17) is 16.7 Å². The third-order valence-corrected chi connectivity index (χ3v) is 3.55. The fourth-order valence-electron chi connectivity index (χ4n) is 2.14. The maximum Gasteiger partial charge on any atom is 0.335 e. The molecule has 2 aromatic carbocycles. The van der Waals surface area contributed by atoms with Gasteiger partial charge in [0.15, 0.2) is 0 Å². The Hall–Kier alpha value is -2.79. The maximum atomic E-state index is 12.2. The van der Waals surface area contributed by atoms with Crippen molar-refractivity contribution in [3.05, 3.63) is 64.8 Å². The highest BCUT2D eigenvalue weighted by Crippen LogP contribution is 2.23. The number of hydrogen-bond donors (Lipinski definition) is 3. The molecular weight excluding hydrogens is 304 g/mol. The zero-order valence-corrected chi connectivity index (χ0v) is 12.0. The number of amides is 1. The number of para-hydroxylation sites is 1. The Morgan fingerprint density at radius 1 is 1.09 bits per heavy atom. The van der Waals surface area contributed by atoms with E-state index < -0.39 is 5.97 Å². The van der Waals surface area contributed by atoms with Crippen LogP contribution in [0.3, 0.4) is 0 Å². The highest BCUT2D eigenvalue weighted by Gasteiger charge is 2.11. The molecule has 0 atom stereocenters. The summed E-state index contributed by atoms with van der Waals surface area (Å²) in [6.45, 7) is 0. The summed E-state index contributed by atoms with van der Waals surface area (Å²) >= 11 is 6.06. The first kappa shape index (κ1) is 14.2. The Labute approximate surface area is 130 Å². The van der Waals surface area contributed by atoms with Crippen LogP contribution < -0.4 is 5.32 Å². The number of hydrogen-bond acceptors (Lipinski definition) is 2. The van der Waals surface area contributed by atoms with Crippen LogP contribution >= 0.6 is 11.6 Å². The van der Waals surface area contributed by atoms with Gasteiger partial charge >= 0.3 is 5.97 Å². The van der Waals surface area contributed by atoms with Gasteiger partial charge in [0.1, 0.15) is 5.69 Å². The van der Waals surface area contributed by atoms with E-state index in [1.165, 1.54) is 24.3 Å². The Morgan fingerprint density at radius 3 is 2.45 bits per heavy atom. The number of halogens is 1. The van der Waals surface area contributed by atoms with Crippen molar-refractivity contribution >= 4 is 40.1 Å². The lowest BCUT2D eigenvalue weighted by Gasteiger charge is -2.04. The SMILES string of the molecule is O=C(O)c1ccc(NC(=O)c2cc3cccc(Cl)c3[nH]2)cc1. The minimum absolute atomic E-state index is 0.162. The molecule has 0 fully saturated rings. The van der Waals surface area contributed by atoms with E-state index in [9.17, 15) is 9.59 Å². The number of carbonyl (C=O) groups excluding carboxylic acids is 1. The Bertz CT molecular complexity index is 869. The maximum absolute atomic E-state index is 12.2. The number of carboxylic acids is 1. The van der Waals surface area contributed by atoms with Crippen LogP contribution in [0.25, 0.3) is 10.9 Å². The summed E-state index contributed by atoms with van der Waals surface area (Å²) in [4.78, 5) is 26.0. The van der Waals surface area contributed by atoms with Crippen LogP contribution in [0.1, 0.15) is 20.8 Å². The fraction of sp³-hybridized carbons (Fsp3) is 0. The monoisotopic (exact) mass is 314 g/mol. The van der Waals surface area contributed by atoms with Gasteiger partial charge in [0, 0.05) is 11.1 Å². The van der Waals surface area contributed by atoms with Crippen molar-refractivity contribution in [1.29, 1.82) is 0 Å². The van der Waals surface area contributed by atoms with Gasteiger partial charge in [-0.05, 0) is 36.4 Å². The van der Waals surface area contributed by atoms with Crippen LogP contribution in [0, 0.1) is 0 Å². The van der Waals surface area contributed by atoms with Crippen LogP contribution in [0.5, 0.6) is 0 Å². The van der Waals surface area contributed by atoms with Crippen LogP contribution in [0.2, 0.25) is 5.02 Å². The third kappa shape index (κ3) is 2.66. The number of carbonyl (C=O) groups is 2. The minimum atomic E-state index is -1.01. The summed E-state index contributed by atoms with van der Waals surface area (Å²) in [5.41, 5.74) is 1.76. The molecule has 3 N–H and O–H groups in total. The largest absolute Gasteiger partial charge is 0.478 e. The van der Waals surface area contributed by atoms with E-state index in [1.54, 1.807) is 12.1 Å². The molecule has 0 spiro atoms. The molecule has 1 heterocycles. The number of H-pyrrole nitrogens is 1. The summed E-state index contributed by atoms with van der Waals surface area (Å²) in [6, 6.07) is 13.1. The number of aromatic carboxylic acids is 1. The van der Waals surface area contributed by atoms with E-state index in [0.29, 0.717) is 21.9 Å². The molecule has 3 aromatic rings. The number of nitrogens with one attached hydrogen (secondary N) is 2. The standard InChI is InChI=1S/C16H11ClN2O3/c17-12-3-1-2-10-8-13(19-14(10)12)15(20)18-11-6-4-9(5-7-11)16(21)22/h1-8,19H,(H,18,20)(H,21,22). The summed E-state index contributed by atoms with van der Waals surface area (Å²) in [5.74, 6) is -1.33. The highest BCUT2D eigenvalue weighted by atomic mass is 35.5. The first-order valence-electron chi connectivity index (χ1n) is 6.46. The lowest BCUT2D eigenvalue weighted by molar-refractivity contribution is 0.0696. The average Bonchev–Trinajstić information content (AvgIpc) is 2.93. The molecule has 1 amide bonds. The summed E-state index contributed by atoms with van der Waals surface area (Å²) in [7, 11) is 0. The van der Waals surface area contributed by atoms with Crippen molar-refractivity contribution in [2.75, 3.05) is 5.32 Å². The molecule has 5 nitrogen and oxygen atoms in total. The number of aromatic amines is 1. The lowest BCUT2D eigenvalue weighted by Crippen LogP contribution is -2.12. The molecule has 0 unspecified atom stereocenters. The Morgan fingerprint density at radius 2 is 1.82 bits per heavy atom. The van der Waals surface area contributed by atoms with E-state index in [1.807, 2.05) is 12.1 Å². The number of aromatic nitrogens is 1. The van der Waals surface area contributed by atoms with Crippen molar-refractivity contribution in [3.63, 3.8) is 0 Å². The van der Waals surface area contributed by atoms with E-state index in [-0.39, 0.29) is 11.5 Å². The third-order valence-electron chi connectivity index (χ3n) is 3.24. The van der Waals surface area contributed by atoms with Gasteiger partial charge in [0.2, 0.25) is 0 Å². The topological polar surface area (TPSA) is 82.2 Å². The van der Waals surface area contributed by atoms with Gasteiger partial charge in [0.05, 0.1) is 16.1 Å².